The van der Waals surface area contributed by atoms with Crippen LogP contribution in [0.3, 0.4) is 0 Å². The van der Waals surface area contributed by atoms with Crippen molar-refractivity contribution in [2.45, 2.75) is 64.6 Å². The highest BCUT2D eigenvalue weighted by molar-refractivity contribution is 6.33. The molecule has 3 heterocycles. The second kappa shape index (κ2) is 13.3. The number of esters is 1. The van der Waals surface area contributed by atoms with Crippen molar-refractivity contribution in [3.63, 3.8) is 0 Å². The van der Waals surface area contributed by atoms with Crippen LogP contribution in [0.25, 0.3) is 22.5 Å². The monoisotopic (exact) mass is 693 g/mol. The lowest BCUT2D eigenvalue weighted by Gasteiger charge is -2.35. The molecule has 4 aromatic rings. The number of carbonyl (C=O) groups excluding carboxylic acids is 2. The van der Waals surface area contributed by atoms with E-state index < -0.39 is 41.2 Å². The number of amides is 1. The van der Waals surface area contributed by atoms with Crippen molar-refractivity contribution < 1.29 is 27.5 Å². The van der Waals surface area contributed by atoms with Gasteiger partial charge in [-0.1, -0.05) is 50.6 Å². The Bertz CT molecular complexity index is 1910. The van der Waals surface area contributed by atoms with Gasteiger partial charge in [0.2, 0.25) is 0 Å². The third-order valence-corrected chi connectivity index (χ3v) is 8.84. The van der Waals surface area contributed by atoms with Crippen LogP contribution >= 0.6 is 11.6 Å². The molecule has 2 aromatic heterocycles. The molecular weight excluding hydrogens is 659 g/mol. The Morgan fingerprint density at radius 3 is 2.49 bits per heavy atom. The number of nitrogens with zero attached hydrogens (tertiary/aromatic N) is 6. The van der Waals surface area contributed by atoms with Crippen LogP contribution in [-0.4, -0.2) is 49.1 Å². The number of hydrogen-bond acceptors (Lipinski definition) is 8. The fourth-order valence-electron chi connectivity index (χ4n) is 6.15. The summed E-state index contributed by atoms with van der Waals surface area (Å²) in [6.45, 7) is 2.56. The number of aromatic nitrogens is 4. The molecule has 2 atom stereocenters. The Balaban J connectivity index is 1.41. The maximum Gasteiger partial charge on any atom is 0.333 e. The van der Waals surface area contributed by atoms with Gasteiger partial charge in [-0.15, -0.1) is 0 Å². The second-order valence-corrected chi connectivity index (χ2v) is 14.0. The zero-order valence-corrected chi connectivity index (χ0v) is 27.9. The number of halogens is 4. The van der Waals surface area contributed by atoms with E-state index in [1.165, 1.54) is 23.2 Å². The Labute approximate surface area is 286 Å². The van der Waals surface area contributed by atoms with E-state index in [9.17, 15) is 18.4 Å². The largest absolute Gasteiger partial charge is 0.463 e. The van der Waals surface area contributed by atoms with E-state index in [1.807, 2.05) is 20.8 Å². The number of carbonyl (C=O) groups is 2. The van der Waals surface area contributed by atoms with E-state index in [0.29, 0.717) is 26.7 Å². The molecule has 1 fully saturated rings. The lowest BCUT2D eigenvalue weighted by molar-refractivity contribution is -0.148. The number of alkyl halides is 2. The first-order valence-corrected chi connectivity index (χ1v) is 16.2. The Morgan fingerprint density at radius 1 is 1.12 bits per heavy atom. The Kier molecular flexibility index (Phi) is 9.23. The first-order chi connectivity index (χ1) is 23.3. The predicted octanol–water partition coefficient (Wildman–Crippen LogP) is 7.07. The van der Waals surface area contributed by atoms with Crippen molar-refractivity contribution in [1.29, 1.82) is 0 Å². The summed E-state index contributed by atoms with van der Waals surface area (Å²) in [6.07, 6.45) is 7.69. The van der Waals surface area contributed by atoms with Crippen molar-refractivity contribution in [3.05, 3.63) is 89.2 Å². The molecular formula is C35H35ClF3N7O3. The van der Waals surface area contributed by atoms with Crippen LogP contribution in [0.15, 0.2) is 72.2 Å². The van der Waals surface area contributed by atoms with Crippen molar-refractivity contribution in [2.75, 3.05) is 6.61 Å². The quantitative estimate of drug-likeness (QED) is 0.167. The molecule has 2 N–H and O–H groups in total. The van der Waals surface area contributed by atoms with E-state index >= 15 is 4.39 Å². The number of nitrogens with two attached hydrogens (primary N) is 1. The van der Waals surface area contributed by atoms with E-state index in [-0.39, 0.29) is 48.0 Å². The number of aliphatic imine (C=N–C) groups is 1. The average molecular weight is 694 g/mol. The normalized spacial score (nSPS) is 18.6. The summed E-state index contributed by atoms with van der Waals surface area (Å²) in [5, 5.41) is 4.00. The van der Waals surface area contributed by atoms with Crippen molar-refractivity contribution in [3.8, 4) is 22.5 Å². The van der Waals surface area contributed by atoms with E-state index in [4.69, 9.17) is 22.1 Å². The molecule has 49 heavy (non-hydrogen) atoms. The highest BCUT2D eigenvalue weighted by atomic mass is 35.5. The van der Waals surface area contributed by atoms with Gasteiger partial charge in [-0.05, 0) is 66.0 Å². The molecule has 0 saturated heterocycles. The fraction of sp³-hybridized carbons (Fsp3) is 0.371. The van der Waals surface area contributed by atoms with Crippen LogP contribution in [0.1, 0.15) is 70.2 Å². The summed E-state index contributed by atoms with van der Waals surface area (Å²) in [4.78, 5) is 42.2. The third kappa shape index (κ3) is 7.17. The molecule has 2 aromatic carbocycles. The smallest absolute Gasteiger partial charge is 0.333 e. The van der Waals surface area contributed by atoms with E-state index in [2.05, 4.69) is 20.1 Å². The maximum absolute atomic E-state index is 16.2. The van der Waals surface area contributed by atoms with E-state index in [0.717, 1.165) is 25.1 Å². The molecule has 0 bridgehead atoms. The number of guanidine groups is 1. The molecule has 14 heteroatoms. The fourth-order valence-corrected chi connectivity index (χ4v) is 6.35. The third-order valence-electron chi connectivity index (χ3n) is 8.51. The lowest BCUT2D eigenvalue weighted by atomic mass is 9.75. The van der Waals surface area contributed by atoms with Gasteiger partial charge >= 0.3 is 12.5 Å². The van der Waals surface area contributed by atoms with Crippen molar-refractivity contribution in [1.82, 2.24) is 24.6 Å². The minimum Gasteiger partial charge on any atom is -0.463 e. The van der Waals surface area contributed by atoms with Gasteiger partial charge < -0.3 is 10.5 Å². The summed E-state index contributed by atoms with van der Waals surface area (Å²) in [5.74, 6) is -1.37. The lowest BCUT2D eigenvalue weighted by Crippen LogP contribution is -2.47. The topological polar surface area (TPSA) is 129 Å². The van der Waals surface area contributed by atoms with Gasteiger partial charge in [0, 0.05) is 41.7 Å². The molecule has 1 amide bonds. The number of rotatable bonds is 11. The molecule has 6 rings (SSSR count). The van der Waals surface area contributed by atoms with Crippen LogP contribution in [0.5, 0.6) is 0 Å². The highest BCUT2D eigenvalue weighted by Gasteiger charge is 2.54. The van der Waals surface area contributed by atoms with Gasteiger partial charge in [0.1, 0.15) is 12.4 Å². The van der Waals surface area contributed by atoms with Gasteiger partial charge in [-0.2, -0.15) is 13.9 Å². The number of benzene rings is 2. The second-order valence-electron chi connectivity index (χ2n) is 13.6. The minimum atomic E-state index is -2.86. The molecule has 1 saturated carbocycles. The average Bonchev–Trinajstić information content (AvgIpc) is 3.64. The molecule has 256 valence electrons. The summed E-state index contributed by atoms with van der Waals surface area (Å²) >= 11 is 6.55. The zero-order valence-electron chi connectivity index (χ0n) is 27.1. The van der Waals surface area contributed by atoms with Gasteiger partial charge in [0.25, 0.3) is 5.91 Å². The Morgan fingerprint density at radius 2 is 1.86 bits per heavy atom. The Hall–Kier alpha value is -4.78. The highest BCUT2D eigenvalue weighted by Crippen LogP contribution is 2.46. The zero-order chi connectivity index (χ0) is 35.1. The van der Waals surface area contributed by atoms with Crippen LogP contribution in [0.2, 0.25) is 5.02 Å². The van der Waals surface area contributed by atoms with Crippen molar-refractivity contribution >= 4 is 29.4 Å². The summed E-state index contributed by atoms with van der Waals surface area (Å²) in [7, 11) is 0. The SMILES string of the molecule is CC(C)(C)C[C@]1(c2ccc(-c3cnn(C(F)F)c3)cc2F)N=C(N)N([C@H](COC(=O)CC2CC2)c2ccc(Cl)c(-c3ncccn3)c2)C1=O. The molecule has 1 aliphatic carbocycles. The van der Waals surface area contributed by atoms with Crippen LogP contribution in [0, 0.1) is 17.2 Å². The first-order valence-electron chi connectivity index (χ1n) is 15.8. The summed E-state index contributed by atoms with van der Waals surface area (Å²) in [6, 6.07) is 9.84. The molecule has 2 aliphatic rings. The summed E-state index contributed by atoms with van der Waals surface area (Å²) in [5.41, 5.74) is 5.73. The van der Waals surface area contributed by atoms with Crippen LogP contribution < -0.4 is 5.73 Å². The predicted molar refractivity (Wildman–Crippen MR) is 177 cm³/mol. The molecule has 0 unspecified atom stereocenters. The number of hydrogen-bond donors (Lipinski definition) is 1. The van der Waals surface area contributed by atoms with Gasteiger partial charge in [0.05, 0.1) is 17.3 Å². The maximum atomic E-state index is 16.2. The molecule has 1 aliphatic heterocycles. The van der Waals surface area contributed by atoms with Gasteiger partial charge in [-0.25, -0.2) is 24.0 Å². The number of ether oxygens (including phenoxy) is 1. The first kappa shape index (κ1) is 34.1. The molecule has 0 spiro atoms. The summed E-state index contributed by atoms with van der Waals surface area (Å²) < 4.78 is 48.8. The van der Waals surface area contributed by atoms with E-state index in [1.54, 1.807) is 36.7 Å². The van der Waals surface area contributed by atoms with Gasteiger partial charge in [-0.3, -0.25) is 14.5 Å². The molecule has 0 radical (unpaired) electrons. The minimum absolute atomic E-state index is 0.0400. The molecule has 10 nitrogen and oxygen atoms in total. The van der Waals surface area contributed by atoms with Crippen LogP contribution in [0.4, 0.5) is 13.2 Å². The standard InChI is InChI=1S/C35H35ClF3N7O3/c1-34(2,3)19-35(25-9-7-21(15-27(25)37)23-16-43-45(17-23)32(38)39)31(48)46(33(40)44-35)28(18-49-29(47)13-20-5-6-20)22-8-10-26(36)24(14-22)30-41-11-4-12-42-30/h4,7-12,14-17,20,28,32H,5-6,13,18-19H2,1-3H3,(H2,40,44)/t28-,35-/m1/s1. The van der Waals surface area contributed by atoms with Crippen molar-refractivity contribution in [2.24, 2.45) is 22.1 Å². The van der Waals surface area contributed by atoms with Gasteiger partial charge in [0.15, 0.2) is 17.3 Å². The van der Waals surface area contributed by atoms with Crippen LogP contribution in [-0.2, 0) is 19.9 Å².